The van der Waals surface area contributed by atoms with Gasteiger partial charge in [-0.25, -0.2) is 0 Å². The number of carbonyl (C=O) groups excluding carboxylic acids is 1. The number of furan rings is 1. The summed E-state index contributed by atoms with van der Waals surface area (Å²) < 4.78 is 5.36. The van der Waals surface area contributed by atoms with Gasteiger partial charge in [0, 0.05) is 11.8 Å². The highest BCUT2D eigenvalue weighted by Crippen LogP contribution is 2.22. The molecule has 0 saturated carbocycles. The minimum atomic E-state index is 0.179. The fraction of sp³-hybridized carbons (Fsp3) is 0.357. The lowest BCUT2D eigenvalue weighted by atomic mass is 10.0. The highest BCUT2D eigenvalue weighted by molar-refractivity contribution is 6.07. The molecule has 2 rings (SSSR count). The van der Waals surface area contributed by atoms with Crippen molar-refractivity contribution in [3.8, 4) is 0 Å². The van der Waals surface area contributed by atoms with Gasteiger partial charge in [0.2, 0.25) is 0 Å². The third-order valence-electron chi connectivity index (χ3n) is 2.73. The van der Waals surface area contributed by atoms with Crippen molar-refractivity contribution >= 4 is 16.8 Å². The number of carbonyl (C=O) groups is 1. The molecule has 0 bridgehead atoms. The van der Waals surface area contributed by atoms with Gasteiger partial charge in [-0.05, 0) is 18.4 Å². The molecule has 0 aliphatic carbocycles. The van der Waals surface area contributed by atoms with E-state index in [0.29, 0.717) is 12.3 Å². The molecule has 84 valence electrons. The van der Waals surface area contributed by atoms with Gasteiger partial charge in [0.05, 0.1) is 5.56 Å². The first-order valence-electron chi connectivity index (χ1n) is 5.68. The molecule has 0 aliphatic rings. The van der Waals surface area contributed by atoms with Gasteiger partial charge in [-0.15, -0.1) is 0 Å². The van der Waals surface area contributed by atoms with Crippen LogP contribution in [0.4, 0.5) is 0 Å². The van der Waals surface area contributed by atoms with E-state index in [1.165, 1.54) is 0 Å². The second-order valence-corrected chi connectivity index (χ2v) is 4.50. The summed E-state index contributed by atoms with van der Waals surface area (Å²) >= 11 is 0. The lowest BCUT2D eigenvalue weighted by Crippen LogP contribution is -2.00. The molecule has 0 fully saturated rings. The summed E-state index contributed by atoms with van der Waals surface area (Å²) in [6, 6.07) is 7.65. The molecule has 2 nitrogen and oxygen atoms in total. The van der Waals surface area contributed by atoms with Crippen LogP contribution in [0.25, 0.3) is 11.0 Å². The average Bonchev–Trinajstić information content (AvgIpc) is 2.69. The Morgan fingerprint density at radius 1 is 1.31 bits per heavy atom. The SMILES string of the molecule is CC(C)CCC(=O)c1coc2ccccc12. The lowest BCUT2D eigenvalue weighted by molar-refractivity contribution is 0.0976. The van der Waals surface area contributed by atoms with E-state index in [1.807, 2.05) is 24.3 Å². The van der Waals surface area contributed by atoms with Crippen molar-refractivity contribution in [3.63, 3.8) is 0 Å². The molecule has 0 aliphatic heterocycles. The molecule has 2 heteroatoms. The van der Waals surface area contributed by atoms with E-state index in [-0.39, 0.29) is 5.78 Å². The molecule has 0 N–H and O–H groups in total. The maximum atomic E-state index is 12.0. The van der Waals surface area contributed by atoms with E-state index in [1.54, 1.807) is 6.26 Å². The number of ketones is 1. The van der Waals surface area contributed by atoms with Gasteiger partial charge in [-0.3, -0.25) is 4.79 Å². The summed E-state index contributed by atoms with van der Waals surface area (Å²) in [5.74, 6) is 0.737. The fourth-order valence-corrected chi connectivity index (χ4v) is 1.75. The first-order chi connectivity index (χ1) is 7.68. The molecule has 0 amide bonds. The molecule has 1 aromatic carbocycles. The van der Waals surface area contributed by atoms with E-state index in [2.05, 4.69) is 13.8 Å². The third kappa shape index (κ3) is 2.16. The van der Waals surface area contributed by atoms with Crippen LogP contribution >= 0.6 is 0 Å². The summed E-state index contributed by atoms with van der Waals surface area (Å²) in [5.41, 5.74) is 1.51. The second kappa shape index (κ2) is 4.52. The van der Waals surface area contributed by atoms with Crippen molar-refractivity contribution < 1.29 is 9.21 Å². The summed E-state index contributed by atoms with van der Waals surface area (Å²) in [6.07, 6.45) is 3.10. The number of Topliss-reactive ketones (excluding diaryl/α,β-unsaturated/α-hetero) is 1. The minimum Gasteiger partial charge on any atom is -0.464 e. The zero-order chi connectivity index (χ0) is 11.5. The van der Waals surface area contributed by atoms with Gasteiger partial charge >= 0.3 is 0 Å². The molecule has 0 spiro atoms. The topological polar surface area (TPSA) is 30.2 Å². The van der Waals surface area contributed by atoms with Gasteiger partial charge < -0.3 is 4.42 Å². The Labute approximate surface area is 95.3 Å². The van der Waals surface area contributed by atoms with Gasteiger partial charge in [0.1, 0.15) is 11.8 Å². The van der Waals surface area contributed by atoms with E-state index in [9.17, 15) is 4.79 Å². The Bertz CT molecular complexity index is 494. The molecule has 1 aromatic heterocycles. The van der Waals surface area contributed by atoms with E-state index >= 15 is 0 Å². The highest BCUT2D eigenvalue weighted by Gasteiger charge is 2.13. The zero-order valence-corrected chi connectivity index (χ0v) is 9.69. The van der Waals surface area contributed by atoms with Crippen LogP contribution in [0.2, 0.25) is 0 Å². The van der Waals surface area contributed by atoms with Crippen molar-refractivity contribution in [1.82, 2.24) is 0 Å². The molecule has 0 saturated heterocycles. The average molecular weight is 216 g/mol. The first-order valence-corrected chi connectivity index (χ1v) is 5.68. The summed E-state index contributed by atoms with van der Waals surface area (Å²) in [5, 5.41) is 0.927. The monoisotopic (exact) mass is 216 g/mol. The number of fused-ring (bicyclic) bond motifs is 1. The van der Waals surface area contributed by atoms with Gasteiger partial charge in [-0.1, -0.05) is 32.0 Å². The van der Waals surface area contributed by atoms with Crippen LogP contribution in [0.5, 0.6) is 0 Å². The third-order valence-corrected chi connectivity index (χ3v) is 2.73. The van der Waals surface area contributed by atoms with E-state index < -0.39 is 0 Å². The maximum absolute atomic E-state index is 12.0. The molecule has 16 heavy (non-hydrogen) atoms. The fourth-order valence-electron chi connectivity index (χ4n) is 1.75. The Balaban J connectivity index is 2.23. The van der Waals surface area contributed by atoms with Gasteiger partial charge in [0.25, 0.3) is 0 Å². The molecular formula is C14H16O2. The molecule has 1 heterocycles. The number of hydrogen-bond acceptors (Lipinski definition) is 2. The molecular weight excluding hydrogens is 200 g/mol. The van der Waals surface area contributed by atoms with Crippen molar-refractivity contribution in [2.45, 2.75) is 26.7 Å². The highest BCUT2D eigenvalue weighted by atomic mass is 16.3. The van der Waals surface area contributed by atoms with Crippen LogP contribution in [0, 0.1) is 5.92 Å². The molecule has 0 atom stereocenters. The predicted octanol–water partition coefficient (Wildman–Crippen LogP) is 4.05. The minimum absolute atomic E-state index is 0.179. The summed E-state index contributed by atoms with van der Waals surface area (Å²) in [7, 11) is 0. The molecule has 2 aromatic rings. The van der Waals surface area contributed by atoms with Gasteiger partial charge in [0.15, 0.2) is 5.78 Å². The standard InChI is InChI=1S/C14H16O2/c1-10(2)7-8-13(15)12-9-16-14-6-4-3-5-11(12)14/h3-6,9-10H,7-8H2,1-2H3. The largest absolute Gasteiger partial charge is 0.464 e. The number of benzene rings is 1. The van der Waals surface area contributed by atoms with Crippen molar-refractivity contribution in [2.75, 3.05) is 0 Å². The molecule has 0 radical (unpaired) electrons. The van der Waals surface area contributed by atoms with Crippen molar-refractivity contribution in [1.29, 1.82) is 0 Å². The first kappa shape index (κ1) is 10.9. The maximum Gasteiger partial charge on any atom is 0.166 e. The van der Waals surface area contributed by atoms with E-state index in [0.717, 1.165) is 23.0 Å². The van der Waals surface area contributed by atoms with Crippen LogP contribution in [-0.2, 0) is 0 Å². The van der Waals surface area contributed by atoms with Crippen LogP contribution < -0.4 is 0 Å². The Kier molecular flexibility index (Phi) is 3.09. The number of hydrogen-bond donors (Lipinski definition) is 0. The molecule has 0 unspecified atom stereocenters. The Morgan fingerprint density at radius 2 is 2.06 bits per heavy atom. The van der Waals surface area contributed by atoms with Crippen LogP contribution in [0.15, 0.2) is 34.9 Å². The van der Waals surface area contributed by atoms with Crippen LogP contribution in [0.3, 0.4) is 0 Å². The summed E-state index contributed by atoms with van der Waals surface area (Å²) in [4.78, 5) is 12.0. The Hall–Kier alpha value is -1.57. The van der Waals surface area contributed by atoms with Crippen LogP contribution in [0.1, 0.15) is 37.0 Å². The smallest absolute Gasteiger partial charge is 0.166 e. The quantitative estimate of drug-likeness (QED) is 0.722. The predicted molar refractivity (Wildman–Crippen MR) is 64.6 cm³/mol. The number of rotatable bonds is 4. The summed E-state index contributed by atoms with van der Waals surface area (Å²) in [6.45, 7) is 4.25. The van der Waals surface area contributed by atoms with Crippen molar-refractivity contribution in [3.05, 3.63) is 36.1 Å². The Morgan fingerprint density at radius 3 is 2.81 bits per heavy atom. The second-order valence-electron chi connectivity index (χ2n) is 4.50. The van der Waals surface area contributed by atoms with Crippen LogP contribution in [-0.4, -0.2) is 5.78 Å². The number of para-hydroxylation sites is 1. The van der Waals surface area contributed by atoms with Gasteiger partial charge in [-0.2, -0.15) is 0 Å². The lowest BCUT2D eigenvalue weighted by Gasteiger charge is -2.02. The zero-order valence-electron chi connectivity index (χ0n) is 9.69. The van der Waals surface area contributed by atoms with Crippen molar-refractivity contribution in [2.24, 2.45) is 5.92 Å². The van der Waals surface area contributed by atoms with E-state index in [4.69, 9.17) is 4.42 Å². The normalized spacial score (nSPS) is 11.2.